The summed E-state index contributed by atoms with van der Waals surface area (Å²) in [5.41, 5.74) is 3.42. The number of nitrogens with zero attached hydrogens (tertiary/aromatic N) is 2. The van der Waals surface area contributed by atoms with E-state index in [1.165, 1.54) is 29.2 Å². The zero-order chi connectivity index (χ0) is 29.6. The van der Waals surface area contributed by atoms with Crippen LogP contribution in [-0.4, -0.2) is 43.8 Å². The maximum atomic E-state index is 14.1. The molecule has 1 unspecified atom stereocenters. The number of halogens is 1. The molecule has 3 aromatic rings. The zero-order valence-electron chi connectivity index (χ0n) is 23.9. The number of sulfonamides is 1. The van der Waals surface area contributed by atoms with E-state index in [0.717, 1.165) is 15.4 Å². The van der Waals surface area contributed by atoms with Gasteiger partial charge in [-0.1, -0.05) is 48.9 Å². The molecule has 0 saturated carbocycles. The van der Waals surface area contributed by atoms with Crippen molar-refractivity contribution in [3.63, 3.8) is 0 Å². The molecule has 2 amide bonds. The summed E-state index contributed by atoms with van der Waals surface area (Å²) in [6, 6.07) is 16.6. The maximum Gasteiger partial charge on any atom is 0.264 e. The molecule has 7 nitrogen and oxygen atoms in total. The van der Waals surface area contributed by atoms with E-state index < -0.39 is 34.3 Å². The third kappa shape index (κ3) is 7.47. The molecule has 3 aromatic carbocycles. The van der Waals surface area contributed by atoms with Gasteiger partial charge in [0, 0.05) is 12.6 Å². The minimum atomic E-state index is -4.15. The predicted octanol–water partition coefficient (Wildman–Crippen LogP) is 5.28. The van der Waals surface area contributed by atoms with Crippen LogP contribution in [0.25, 0.3) is 0 Å². The Kier molecular flexibility index (Phi) is 10.1. The maximum absolute atomic E-state index is 14.1. The highest BCUT2D eigenvalue weighted by atomic mass is 32.2. The number of benzene rings is 3. The molecule has 0 aliphatic rings. The molecular formula is C31H38FN3O4S. The van der Waals surface area contributed by atoms with Gasteiger partial charge in [0.25, 0.3) is 10.0 Å². The van der Waals surface area contributed by atoms with Crippen molar-refractivity contribution >= 4 is 27.5 Å². The number of carbonyl (C=O) groups excluding carboxylic acids is 2. The summed E-state index contributed by atoms with van der Waals surface area (Å²) in [6.07, 6.45) is 0.305. The predicted molar refractivity (Wildman–Crippen MR) is 156 cm³/mol. The van der Waals surface area contributed by atoms with Gasteiger partial charge in [-0.2, -0.15) is 0 Å². The summed E-state index contributed by atoms with van der Waals surface area (Å²) in [5.74, 6) is -1.31. The molecule has 40 heavy (non-hydrogen) atoms. The first-order valence-corrected chi connectivity index (χ1v) is 14.8. The molecule has 1 atom stereocenters. The molecule has 3 rings (SSSR count). The SMILES string of the molecule is CCC(C(=O)NC(C)C)N(Cc1ccc(F)cc1)C(=O)CN(c1cc(C)ccc1C)S(=O)(=O)c1ccc(C)cc1. The average Bonchev–Trinajstić information content (AvgIpc) is 2.89. The third-order valence-corrected chi connectivity index (χ3v) is 8.38. The zero-order valence-corrected chi connectivity index (χ0v) is 24.8. The van der Waals surface area contributed by atoms with Crippen LogP contribution in [0.1, 0.15) is 49.4 Å². The molecule has 0 bridgehead atoms. The quantitative estimate of drug-likeness (QED) is 0.342. The smallest absolute Gasteiger partial charge is 0.264 e. The van der Waals surface area contributed by atoms with Crippen molar-refractivity contribution < 1.29 is 22.4 Å². The summed E-state index contributed by atoms with van der Waals surface area (Å²) in [6.45, 7) is 10.4. The Bertz CT molecular complexity index is 1440. The molecule has 0 aliphatic carbocycles. The van der Waals surface area contributed by atoms with Gasteiger partial charge in [0.05, 0.1) is 10.6 Å². The number of nitrogens with one attached hydrogen (secondary N) is 1. The lowest BCUT2D eigenvalue weighted by molar-refractivity contribution is -0.140. The molecule has 0 aromatic heterocycles. The second kappa shape index (κ2) is 13.1. The molecule has 0 saturated heterocycles. The highest BCUT2D eigenvalue weighted by Gasteiger charge is 2.34. The standard InChI is InChI=1S/C31H38FN3O4S/c1-7-28(31(37)33-21(2)3)34(19-25-12-14-26(32)15-13-25)30(36)20-35(29-18-23(5)8-11-24(29)6)40(38,39)27-16-9-22(4)10-17-27/h8-18,21,28H,7,19-20H2,1-6H3,(H,33,37). The monoisotopic (exact) mass is 567 g/mol. The van der Waals surface area contributed by atoms with Gasteiger partial charge in [0.2, 0.25) is 11.8 Å². The molecule has 0 heterocycles. The Morgan fingerprint density at radius 3 is 2.08 bits per heavy atom. The first-order chi connectivity index (χ1) is 18.8. The van der Waals surface area contributed by atoms with E-state index >= 15 is 0 Å². The first kappa shape index (κ1) is 30.8. The van der Waals surface area contributed by atoms with Crippen molar-refractivity contribution in [1.82, 2.24) is 10.2 Å². The van der Waals surface area contributed by atoms with Crippen molar-refractivity contribution in [2.45, 2.75) is 71.5 Å². The van der Waals surface area contributed by atoms with Crippen molar-refractivity contribution in [3.8, 4) is 0 Å². The van der Waals surface area contributed by atoms with Crippen molar-refractivity contribution in [1.29, 1.82) is 0 Å². The Morgan fingerprint density at radius 1 is 0.900 bits per heavy atom. The minimum Gasteiger partial charge on any atom is -0.352 e. The Labute approximate surface area is 237 Å². The van der Waals surface area contributed by atoms with Gasteiger partial charge in [-0.15, -0.1) is 0 Å². The number of hydrogen-bond donors (Lipinski definition) is 1. The van der Waals surface area contributed by atoms with E-state index in [1.54, 1.807) is 44.2 Å². The molecule has 9 heteroatoms. The van der Waals surface area contributed by atoms with E-state index in [4.69, 9.17) is 0 Å². The van der Waals surface area contributed by atoms with Crippen LogP contribution in [0, 0.1) is 26.6 Å². The molecular weight excluding hydrogens is 529 g/mol. The summed E-state index contributed by atoms with van der Waals surface area (Å²) in [7, 11) is -4.15. The minimum absolute atomic E-state index is 0.00829. The lowest BCUT2D eigenvalue weighted by atomic mass is 10.1. The van der Waals surface area contributed by atoms with Gasteiger partial charge >= 0.3 is 0 Å². The first-order valence-electron chi connectivity index (χ1n) is 13.3. The van der Waals surface area contributed by atoms with Gasteiger partial charge in [0.1, 0.15) is 18.4 Å². The number of amides is 2. The lowest BCUT2D eigenvalue weighted by Crippen LogP contribution is -2.53. The van der Waals surface area contributed by atoms with E-state index in [-0.39, 0.29) is 23.4 Å². The Hall–Kier alpha value is -3.72. The van der Waals surface area contributed by atoms with Crippen LogP contribution in [0.15, 0.2) is 71.6 Å². The number of carbonyl (C=O) groups is 2. The van der Waals surface area contributed by atoms with Crippen LogP contribution in [0.3, 0.4) is 0 Å². The number of aryl methyl sites for hydroxylation is 3. The van der Waals surface area contributed by atoms with Crippen LogP contribution < -0.4 is 9.62 Å². The van der Waals surface area contributed by atoms with E-state index in [2.05, 4.69) is 5.32 Å². The van der Waals surface area contributed by atoms with E-state index in [1.807, 2.05) is 39.8 Å². The van der Waals surface area contributed by atoms with Gasteiger partial charge in [-0.25, -0.2) is 12.8 Å². The number of rotatable bonds is 11. The fourth-order valence-electron chi connectivity index (χ4n) is 4.43. The lowest BCUT2D eigenvalue weighted by Gasteiger charge is -2.34. The fraction of sp³-hybridized carbons (Fsp3) is 0.355. The second-order valence-electron chi connectivity index (χ2n) is 10.4. The van der Waals surface area contributed by atoms with Crippen LogP contribution >= 0.6 is 0 Å². The average molecular weight is 568 g/mol. The summed E-state index contributed by atoms with van der Waals surface area (Å²) >= 11 is 0. The topological polar surface area (TPSA) is 86.8 Å². The summed E-state index contributed by atoms with van der Waals surface area (Å²) in [5, 5.41) is 2.86. The molecule has 1 N–H and O–H groups in total. The van der Waals surface area contributed by atoms with Crippen LogP contribution in [-0.2, 0) is 26.2 Å². The molecule has 0 radical (unpaired) electrons. The Balaban J connectivity index is 2.10. The highest BCUT2D eigenvalue weighted by Crippen LogP contribution is 2.29. The van der Waals surface area contributed by atoms with Crippen LogP contribution in [0.5, 0.6) is 0 Å². The van der Waals surface area contributed by atoms with Crippen LogP contribution in [0.2, 0.25) is 0 Å². The van der Waals surface area contributed by atoms with Gasteiger partial charge in [-0.05, 0) is 88.1 Å². The molecule has 0 spiro atoms. The molecule has 214 valence electrons. The summed E-state index contributed by atoms with van der Waals surface area (Å²) < 4.78 is 42.8. The Morgan fingerprint density at radius 2 is 1.50 bits per heavy atom. The van der Waals surface area contributed by atoms with E-state index in [0.29, 0.717) is 23.2 Å². The van der Waals surface area contributed by atoms with E-state index in [9.17, 15) is 22.4 Å². The highest BCUT2D eigenvalue weighted by molar-refractivity contribution is 7.92. The third-order valence-electron chi connectivity index (χ3n) is 6.60. The second-order valence-corrected chi connectivity index (χ2v) is 12.2. The molecule has 0 aliphatic heterocycles. The van der Waals surface area contributed by atoms with Gasteiger partial charge < -0.3 is 10.2 Å². The van der Waals surface area contributed by atoms with Gasteiger partial charge in [0.15, 0.2) is 0 Å². The van der Waals surface area contributed by atoms with Crippen molar-refractivity contribution in [2.75, 3.05) is 10.8 Å². The normalized spacial score (nSPS) is 12.2. The number of anilines is 1. The summed E-state index contributed by atoms with van der Waals surface area (Å²) in [4.78, 5) is 28.7. The number of hydrogen-bond acceptors (Lipinski definition) is 4. The fourth-order valence-corrected chi connectivity index (χ4v) is 5.90. The largest absolute Gasteiger partial charge is 0.352 e. The van der Waals surface area contributed by atoms with Crippen LogP contribution in [0.4, 0.5) is 10.1 Å². The van der Waals surface area contributed by atoms with Crippen molar-refractivity contribution in [2.24, 2.45) is 0 Å². The molecule has 0 fully saturated rings. The van der Waals surface area contributed by atoms with Gasteiger partial charge in [-0.3, -0.25) is 13.9 Å². The van der Waals surface area contributed by atoms with Crippen molar-refractivity contribution in [3.05, 3.63) is 94.8 Å².